The summed E-state index contributed by atoms with van der Waals surface area (Å²) in [6, 6.07) is 11.7. The molecule has 0 spiro atoms. The van der Waals surface area contributed by atoms with E-state index in [0.717, 1.165) is 12.5 Å². The van der Waals surface area contributed by atoms with Crippen LogP contribution in [0, 0.1) is 0 Å². The van der Waals surface area contributed by atoms with E-state index < -0.39 is 34.4 Å². The maximum atomic E-state index is 12.1. The number of imidazole rings is 1. The number of amides is 2. The molecule has 0 bridgehead atoms. The molecule has 31 heavy (non-hydrogen) atoms. The van der Waals surface area contributed by atoms with Crippen molar-refractivity contribution in [1.82, 2.24) is 14.7 Å². The van der Waals surface area contributed by atoms with E-state index in [1.807, 2.05) is 4.72 Å². The van der Waals surface area contributed by atoms with Crippen LogP contribution in [0.2, 0.25) is 0 Å². The minimum atomic E-state index is -3.96. The lowest BCUT2D eigenvalue weighted by Gasteiger charge is -2.08. The predicted molar refractivity (Wildman–Crippen MR) is 110 cm³/mol. The van der Waals surface area contributed by atoms with Crippen molar-refractivity contribution >= 4 is 33.5 Å². The van der Waals surface area contributed by atoms with E-state index in [4.69, 9.17) is 4.74 Å². The Morgan fingerprint density at radius 2 is 1.71 bits per heavy atom. The molecule has 11 heteroatoms. The second kappa shape index (κ2) is 9.22. The molecule has 0 unspecified atom stereocenters. The number of esters is 1. The van der Waals surface area contributed by atoms with Gasteiger partial charge in [-0.1, -0.05) is 12.1 Å². The number of nitrogens with zero attached hydrogens (tertiary/aromatic N) is 1. The van der Waals surface area contributed by atoms with Crippen molar-refractivity contribution in [2.45, 2.75) is 11.8 Å². The maximum Gasteiger partial charge on any atom is 0.338 e. The molecule has 0 saturated carbocycles. The normalized spacial score (nSPS) is 10.9. The third-order valence-electron chi connectivity index (χ3n) is 3.95. The van der Waals surface area contributed by atoms with Crippen LogP contribution < -0.4 is 10.0 Å². The highest BCUT2D eigenvalue weighted by molar-refractivity contribution is 7.90. The van der Waals surface area contributed by atoms with Gasteiger partial charge in [-0.2, -0.15) is 0 Å². The molecular weight excluding hydrogens is 424 g/mol. The highest BCUT2D eigenvalue weighted by Crippen LogP contribution is 2.16. The van der Waals surface area contributed by atoms with Crippen LogP contribution in [0.4, 0.5) is 5.69 Å². The van der Waals surface area contributed by atoms with E-state index >= 15 is 0 Å². The quantitative estimate of drug-likeness (QED) is 0.472. The number of nitrogens with one attached hydrogen (secondary N) is 3. The first kappa shape index (κ1) is 21.7. The zero-order valence-electron chi connectivity index (χ0n) is 16.3. The Bertz CT molecular complexity index is 1190. The molecule has 3 rings (SSSR count). The van der Waals surface area contributed by atoms with E-state index in [-0.39, 0.29) is 10.5 Å². The summed E-state index contributed by atoms with van der Waals surface area (Å²) in [5.74, 6) is -1.32. The minimum absolute atomic E-state index is 0.134. The fourth-order valence-electron chi connectivity index (χ4n) is 2.56. The van der Waals surface area contributed by atoms with Crippen molar-refractivity contribution in [1.29, 1.82) is 0 Å². The summed E-state index contributed by atoms with van der Waals surface area (Å²) in [4.78, 5) is 42.0. The lowest BCUT2D eigenvalue weighted by molar-refractivity contribution is -0.119. The number of hydrogen-bond donors (Lipinski definition) is 3. The number of carbonyl (C=O) groups is 3. The maximum absolute atomic E-state index is 12.1. The Morgan fingerprint density at radius 1 is 1.03 bits per heavy atom. The van der Waals surface area contributed by atoms with Gasteiger partial charge in [-0.3, -0.25) is 9.59 Å². The van der Waals surface area contributed by atoms with Crippen molar-refractivity contribution < 1.29 is 27.5 Å². The third kappa shape index (κ3) is 5.76. The number of ether oxygens (including phenoxy) is 1. The van der Waals surface area contributed by atoms with E-state index in [1.54, 1.807) is 36.7 Å². The van der Waals surface area contributed by atoms with E-state index in [9.17, 15) is 22.8 Å². The first-order chi connectivity index (χ1) is 14.7. The van der Waals surface area contributed by atoms with Crippen LogP contribution >= 0.6 is 0 Å². The monoisotopic (exact) mass is 442 g/mol. The molecule has 0 aliphatic heterocycles. The van der Waals surface area contributed by atoms with Gasteiger partial charge in [-0.25, -0.2) is 22.9 Å². The molecule has 3 N–H and O–H groups in total. The van der Waals surface area contributed by atoms with Gasteiger partial charge in [-0.15, -0.1) is 0 Å². The lowest BCUT2D eigenvalue weighted by atomic mass is 10.1. The minimum Gasteiger partial charge on any atom is -0.452 e. The summed E-state index contributed by atoms with van der Waals surface area (Å²) < 4.78 is 30.6. The molecular formula is C20H18N4O6S. The molecule has 0 fully saturated rings. The van der Waals surface area contributed by atoms with Crippen LogP contribution in [-0.4, -0.2) is 42.8 Å². The smallest absolute Gasteiger partial charge is 0.338 e. The van der Waals surface area contributed by atoms with Crippen LogP contribution in [-0.2, 0) is 24.3 Å². The first-order valence-electron chi connectivity index (χ1n) is 8.95. The molecule has 0 aliphatic rings. The first-order valence-corrected chi connectivity index (χ1v) is 10.4. The largest absolute Gasteiger partial charge is 0.452 e. The molecule has 3 aromatic rings. The molecule has 2 amide bonds. The van der Waals surface area contributed by atoms with Gasteiger partial charge in [0.2, 0.25) is 5.91 Å². The molecule has 0 atom stereocenters. The Labute approximate surface area is 177 Å². The SMILES string of the molecule is CC(=O)NS(=O)(=O)c1ccc(NC(=O)COC(=O)c2ccc(-c3ncc[nH]3)cc2)cc1. The number of aromatic nitrogens is 2. The third-order valence-corrected chi connectivity index (χ3v) is 5.40. The highest BCUT2D eigenvalue weighted by Gasteiger charge is 2.16. The molecule has 0 radical (unpaired) electrons. The van der Waals surface area contributed by atoms with Gasteiger partial charge in [0.1, 0.15) is 5.82 Å². The Morgan fingerprint density at radius 3 is 2.29 bits per heavy atom. The van der Waals surface area contributed by atoms with Crippen LogP contribution in [0.5, 0.6) is 0 Å². The van der Waals surface area contributed by atoms with Gasteiger partial charge >= 0.3 is 5.97 Å². The van der Waals surface area contributed by atoms with Gasteiger partial charge < -0.3 is 15.0 Å². The molecule has 0 aliphatic carbocycles. The molecule has 1 heterocycles. The van der Waals surface area contributed by atoms with Crippen LogP contribution in [0.3, 0.4) is 0 Å². The lowest BCUT2D eigenvalue weighted by Crippen LogP contribution is -2.28. The highest BCUT2D eigenvalue weighted by atomic mass is 32.2. The molecule has 2 aromatic carbocycles. The predicted octanol–water partition coefficient (Wildman–Crippen LogP) is 1.70. The molecule has 160 valence electrons. The van der Waals surface area contributed by atoms with Crippen molar-refractivity contribution in [3.63, 3.8) is 0 Å². The van der Waals surface area contributed by atoms with E-state index in [0.29, 0.717) is 11.5 Å². The fourth-order valence-corrected chi connectivity index (χ4v) is 3.56. The van der Waals surface area contributed by atoms with Gasteiger partial charge in [0.25, 0.3) is 15.9 Å². The average molecular weight is 442 g/mol. The van der Waals surface area contributed by atoms with Crippen molar-refractivity contribution in [3.05, 3.63) is 66.5 Å². The van der Waals surface area contributed by atoms with Gasteiger partial charge in [-0.05, 0) is 36.4 Å². The van der Waals surface area contributed by atoms with E-state index in [1.165, 1.54) is 24.3 Å². The number of sulfonamides is 1. The van der Waals surface area contributed by atoms with Gasteiger partial charge in [0.05, 0.1) is 10.5 Å². The second-order valence-corrected chi connectivity index (χ2v) is 8.01. The van der Waals surface area contributed by atoms with Crippen molar-refractivity contribution in [3.8, 4) is 11.4 Å². The Hall–Kier alpha value is -3.99. The summed E-state index contributed by atoms with van der Waals surface area (Å²) in [6.45, 7) is 0.561. The van der Waals surface area contributed by atoms with Crippen LogP contribution in [0.1, 0.15) is 17.3 Å². The van der Waals surface area contributed by atoms with Gasteiger partial charge in [0.15, 0.2) is 6.61 Å². The summed E-state index contributed by atoms with van der Waals surface area (Å²) in [5.41, 5.74) is 1.37. The fraction of sp³-hybridized carbons (Fsp3) is 0.100. The summed E-state index contributed by atoms with van der Waals surface area (Å²) in [7, 11) is -3.96. The van der Waals surface area contributed by atoms with Crippen molar-refractivity contribution in [2.75, 3.05) is 11.9 Å². The number of aromatic amines is 1. The van der Waals surface area contributed by atoms with Gasteiger partial charge in [0, 0.05) is 30.6 Å². The molecule has 0 saturated heterocycles. The standard InChI is InChI=1S/C20H18N4O6S/c1-13(25)24-31(28,29)17-8-6-16(7-9-17)23-18(26)12-30-20(27)15-4-2-14(3-5-15)19-21-10-11-22-19/h2-11H,12H2,1H3,(H,21,22)(H,23,26)(H,24,25). The zero-order valence-corrected chi connectivity index (χ0v) is 17.1. The van der Waals surface area contributed by atoms with Crippen LogP contribution in [0.25, 0.3) is 11.4 Å². The van der Waals surface area contributed by atoms with Crippen molar-refractivity contribution in [2.24, 2.45) is 0 Å². The molecule has 1 aromatic heterocycles. The number of benzene rings is 2. The average Bonchev–Trinajstić information content (AvgIpc) is 3.26. The number of carbonyl (C=O) groups excluding carboxylic acids is 3. The summed E-state index contributed by atoms with van der Waals surface area (Å²) >= 11 is 0. The topological polar surface area (TPSA) is 147 Å². The summed E-state index contributed by atoms with van der Waals surface area (Å²) in [6.07, 6.45) is 3.30. The van der Waals surface area contributed by atoms with E-state index in [2.05, 4.69) is 15.3 Å². The van der Waals surface area contributed by atoms with Crippen LogP contribution in [0.15, 0.2) is 65.8 Å². The zero-order chi connectivity index (χ0) is 22.4. The Balaban J connectivity index is 1.53. The Kier molecular flexibility index (Phi) is 6.46. The number of rotatable bonds is 7. The number of anilines is 1. The second-order valence-electron chi connectivity index (χ2n) is 6.33. The number of H-pyrrole nitrogens is 1. The molecule has 10 nitrogen and oxygen atoms in total. The summed E-state index contributed by atoms with van der Waals surface area (Å²) in [5, 5.41) is 2.49. The number of hydrogen-bond acceptors (Lipinski definition) is 7.